The van der Waals surface area contributed by atoms with Crippen LogP contribution in [0.5, 0.6) is 0 Å². The fourth-order valence-corrected chi connectivity index (χ4v) is 5.14. The number of nitrogens with zero attached hydrogens (tertiary/aromatic N) is 2. The molecule has 1 N–H and O–H groups in total. The molecule has 0 aliphatic heterocycles. The van der Waals surface area contributed by atoms with E-state index in [2.05, 4.69) is 5.32 Å². The van der Waals surface area contributed by atoms with E-state index in [1.807, 2.05) is 20.8 Å². The highest BCUT2D eigenvalue weighted by atomic mass is 35.5. The second kappa shape index (κ2) is 13.8. The zero-order chi connectivity index (χ0) is 27.8. The first-order valence-corrected chi connectivity index (χ1v) is 14.6. The Bertz CT molecular complexity index is 1170. The number of amides is 2. The van der Waals surface area contributed by atoms with Crippen molar-refractivity contribution >= 4 is 39.1 Å². The number of aryl methyl sites for hydroxylation is 1. The number of rotatable bonds is 13. The highest BCUT2D eigenvalue weighted by Crippen LogP contribution is 2.27. The summed E-state index contributed by atoms with van der Waals surface area (Å²) in [5.41, 5.74) is 1.90. The van der Waals surface area contributed by atoms with Gasteiger partial charge in [-0.25, -0.2) is 12.8 Å². The normalized spacial score (nSPS) is 12.3. The lowest BCUT2D eigenvalue weighted by atomic mass is 10.1. The summed E-state index contributed by atoms with van der Waals surface area (Å²) in [6.07, 6.45) is 1.78. The minimum absolute atomic E-state index is 0.0286. The molecule has 1 unspecified atom stereocenters. The van der Waals surface area contributed by atoms with Crippen molar-refractivity contribution < 1.29 is 22.4 Å². The van der Waals surface area contributed by atoms with Crippen LogP contribution < -0.4 is 9.62 Å². The van der Waals surface area contributed by atoms with Gasteiger partial charge >= 0.3 is 0 Å². The first-order valence-electron chi connectivity index (χ1n) is 12.4. The van der Waals surface area contributed by atoms with Crippen molar-refractivity contribution in [3.05, 3.63) is 64.4 Å². The molecule has 0 saturated carbocycles. The van der Waals surface area contributed by atoms with Gasteiger partial charge in [-0.1, -0.05) is 50.6 Å². The summed E-state index contributed by atoms with van der Waals surface area (Å²) in [6, 6.07) is 10.1. The number of sulfonamides is 1. The molecule has 2 rings (SSSR count). The first-order chi connectivity index (χ1) is 17.3. The molecule has 0 aliphatic carbocycles. The Morgan fingerprint density at radius 2 is 1.76 bits per heavy atom. The molecule has 0 radical (unpaired) electrons. The van der Waals surface area contributed by atoms with E-state index in [1.54, 1.807) is 37.3 Å². The molecular formula is C27H37ClFN3O4S. The van der Waals surface area contributed by atoms with Crippen LogP contribution in [0.25, 0.3) is 0 Å². The molecule has 37 heavy (non-hydrogen) atoms. The Morgan fingerprint density at radius 1 is 1.11 bits per heavy atom. The van der Waals surface area contributed by atoms with Gasteiger partial charge in [-0.05, 0) is 61.1 Å². The van der Waals surface area contributed by atoms with E-state index in [9.17, 15) is 22.4 Å². The fourth-order valence-electron chi connectivity index (χ4n) is 3.96. The van der Waals surface area contributed by atoms with Crippen molar-refractivity contribution in [3.63, 3.8) is 0 Å². The monoisotopic (exact) mass is 553 g/mol. The van der Waals surface area contributed by atoms with Crippen molar-refractivity contribution in [2.24, 2.45) is 5.92 Å². The number of nitrogens with one attached hydrogen (secondary N) is 1. The summed E-state index contributed by atoms with van der Waals surface area (Å²) in [4.78, 5) is 27.9. The third-order valence-corrected chi connectivity index (χ3v) is 7.34. The summed E-state index contributed by atoms with van der Waals surface area (Å²) in [5.74, 6) is -0.675. The zero-order valence-electron chi connectivity index (χ0n) is 22.1. The maximum absolute atomic E-state index is 13.4. The Morgan fingerprint density at radius 3 is 2.32 bits per heavy atom. The Hall–Kier alpha value is -2.65. The molecular weight excluding hydrogens is 517 g/mol. The third-order valence-electron chi connectivity index (χ3n) is 5.93. The van der Waals surface area contributed by atoms with Crippen LogP contribution in [0.4, 0.5) is 10.1 Å². The lowest BCUT2D eigenvalue weighted by Gasteiger charge is -2.31. The van der Waals surface area contributed by atoms with Crippen LogP contribution in [0, 0.1) is 18.7 Å². The Labute approximate surface area is 225 Å². The van der Waals surface area contributed by atoms with Crippen LogP contribution in [-0.4, -0.2) is 50.5 Å². The van der Waals surface area contributed by atoms with Gasteiger partial charge in [-0.3, -0.25) is 13.9 Å². The summed E-state index contributed by atoms with van der Waals surface area (Å²) in [7, 11) is -3.63. The maximum atomic E-state index is 13.4. The number of carbonyl (C=O) groups is 2. The summed E-state index contributed by atoms with van der Waals surface area (Å²) < 4.78 is 39.8. The second-order valence-electron chi connectivity index (χ2n) is 9.58. The summed E-state index contributed by atoms with van der Waals surface area (Å²) in [5, 5.41) is 3.31. The van der Waals surface area contributed by atoms with Gasteiger partial charge in [0.1, 0.15) is 11.9 Å². The molecule has 0 aromatic heterocycles. The van der Waals surface area contributed by atoms with Crippen LogP contribution in [0.15, 0.2) is 42.5 Å². The topological polar surface area (TPSA) is 86.8 Å². The standard InChI is InChI=1S/C27H37ClFN3O4S/c1-6-24(27(34)30-17-19(2)3)31(18-21-10-13-23(29)14-11-21)26(33)8-7-15-32(37(5,35)36)25-16-22(28)12-9-20(25)4/h9-14,16,19,24H,6-8,15,17-18H2,1-5H3,(H,30,34). The van der Waals surface area contributed by atoms with Crippen LogP contribution in [0.3, 0.4) is 0 Å². The second-order valence-corrected chi connectivity index (χ2v) is 11.9. The fraction of sp³-hybridized carbons (Fsp3) is 0.481. The summed E-state index contributed by atoms with van der Waals surface area (Å²) in [6.45, 7) is 8.28. The quantitative estimate of drug-likeness (QED) is 0.382. The molecule has 0 spiro atoms. The van der Waals surface area contributed by atoms with Gasteiger partial charge in [0.25, 0.3) is 0 Å². The number of anilines is 1. The van der Waals surface area contributed by atoms with Crippen LogP contribution in [0.2, 0.25) is 5.02 Å². The molecule has 0 saturated heterocycles. The van der Waals surface area contributed by atoms with Crippen molar-refractivity contribution in [2.75, 3.05) is 23.7 Å². The smallest absolute Gasteiger partial charge is 0.242 e. The van der Waals surface area contributed by atoms with E-state index in [0.29, 0.717) is 29.2 Å². The maximum Gasteiger partial charge on any atom is 0.242 e. The van der Waals surface area contributed by atoms with Gasteiger partial charge in [0.05, 0.1) is 11.9 Å². The molecule has 7 nitrogen and oxygen atoms in total. The largest absolute Gasteiger partial charge is 0.354 e. The molecule has 204 valence electrons. The average molecular weight is 554 g/mol. The van der Waals surface area contributed by atoms with Gasteiger partial charge in [-0.15, -0.1) is 0 Å². The van der Waals surface area contributed by atoms with Gasteiger partial charge in [0.2, 0.25) is 21.8 Å². The van der Waals surface area contributed by atoms with E-state index >= 15 is 0 Å². The highest BCUT2D eigenvalue weighted by molar-refractivity contribution is 7.92. The number of hydrogen-bond donors (Lipinski definition) is 1. The number of benzene rings is 2. The van der Waals surface area contributed by atoms with E-state index < -0.39 is 16.1 Å². The molecule has 10 heteroatoms. The van der Waals surface area contributed by atoms with Crippen LogP contribution >= 0.6 is 11.6 Å². The minimum atomic E-state index is -3.63. The molecule has 0 fully saturated rings. The van der Waals surface area contributed by atoms with Crippen molar-refractivity contribution in [2.45, 2.75) is 59.5 Å². The van der Waals surface area contributed by atoms with E-state index in [4.69, 9.17) is 11.6 Å². The molecule has 1 atom stereocenters. The minimum Gasteiger partial charge on any atom is -0.354 e. The predicted octanol–water partition coefficient (Wildman–Crippen LogP) is 4.91. The average Bonchev–Trinajstić information content (AvgIpc) is 2.82. The third kappa shape index (κ3) is 9.31. The molecule has 2 aromatic rings. The van der Waals surface area contributed by atoms with E-state index in [0.717, 1.165) is 11.8 Å². The van der Waals surface area contributed by atoms with Gasteiger partial charge in [0.15, 0.2) is 0 Å². The number of hydrogen-bond acceptors (Lipinski definition) is 4. The molecule has 2 amide bonds. The Balaban J connectivity index is 2.23. The lowest BCUT2D eigenvalue weighted by Crippen LogP contribution is -2.49. The van der Waals surface area contributed by atoms with Gasteiger partial charge < -0.3 is 10.2 Å². The predicted molar refractivity (Wildman–Crippen MR) is 146 cm³/mol. The number of carbonyl (C=O) groups excluding carboxylic acids is 2. The SMILES string of the molecule is CCC(C(=O)NCC(C)C)N(Cc1ccc(F)cc1)C(=O)CCCN(c1cc(Cl)ccc1C)S(C)(=O)=O. The lowest BCUT2D eigenvalue weighted by molar-refractivity contribution is -0.141. The summed E-state index contributed by atoms with van der Waals surface area (Å²) >= 11 is 6.11. The van der Waals surface area contributed by atoms with Gasteiger partial charge in [-0.2, -0.15) is 0 Å². The molecule has 0 aliphatic rings. The Kier molecular flexibility index (Phi) is 11.4. The van der Waals surface area contributed by atoms with Crippen molar-refractivity contribution in [1.82, 2.24) is 10.2 Å². The van der Waals surface area contributed by atoms with Crippen LogP contribution in [-0.2, 0) is 26.2 Å². The van der Waals surface area contributed by atoms with E-state index in [1.165, 1.54) is 21.3 Å². The van der Waals surface area contributed by atoms with Crippen molar-refractivity contribution in [3.8, 4) is 0 Å². The highest BCUT2D eigenvalue weighted by Gasteiger charge is 2.29. The van der Waals surface area contributed by atoms with Gasteiger partial charge in [0, 0.05) is 31.1 Å². The van der Waals surface area contributed by atoms with E-state index in [-0.39, 0.29) is 49.5 Å². The van der Waals surface area contributed by atoms with Crippen LogP contribution in [0.1, 0.15) is 51.2 Å². The molecule has 2 aromatic carbocycles. The van der Waals surface area contributed by atoms with Crippen molar-refractivity contribution in [1.29, 1.82) is 0 Å². The first kappa shape index (κ1) is 30.6. The molecule has 0 heterocycles. The molecule has 0 bridgehead atoms. The number of halogens is 2. The zero-order valence-corrected chi connectivity index (χ0v) is 23.7.